The Morgan fingerprint density at radius 3 is 2.64 bits per heavy atom. The number of nitrogens with one attached hydrogen (secondary N) is 3. The quantitative estimate of drug-likeness (QED) is 0.609. The smallest absolute Gasteiger partial charge is 0.245 e. The molecule has 0 saturated carbocycles. The number of piperidine rings is 1. The predicted octanol–water partition coefficient (Wildman–Crippen LogP) is 0.832. The monoisotopic (exact) mass is 385 g/mol. The Bertz CT molecular complexity index is 694. The molecule has 2 heterocycles. The zero-order chi connectivity index (χ0) is 19.9. The van der Waals surface area contributed by atoms with E-state index in [4.69, 9.17) is 0 Å². The highest BCUT2D eigenvalue weighted by molar-refractivity contribution is 5.88. The van der Waals surface area contributed by atoms with E-state index in [2.05, 4.69) is 24.6 Å². The van der Waals surface area contributed by atoms with E-state index in [-0.39, 0.29) is 18.4 Å². The number of hydrazine groups is 1. The second kappa shape index (κ2) is 9.73. The molecule has 2 aliphatic heterocycles. The van der Waals surface area contributed by atoms with Gasteiger partial charge in [-0.1, -0.05) is 44.2 Å². The molecule has 0 bridgehead atoms. The average molecular weight is 386 g/mol. The van der Waals surface area contributed by atoms with Gasteiger partial charge in [-0.05, 0) is 18.1 Å². The summed E-state index contributed by atoms with van der Waals surface area (Å²) in [4.78, 5) is 26.1. The summed E-state index contributed by atoms with van der Waals surface area (Å²) in [6, 6.07) is 9.83. The highest BCUT2D eigenvalue weighted by Crippen LogP contribution is 2.16. The van der Waals surface area contributed by atoms with E-state index in [9.17, 15) is 9.59 Å². The lowest BCUT2D eigenvalue weighted by molar-refractivity contribution is -0.912. The van der Waals surface area contributed by atoms with Gasteiger partial charge in [0.15, 0.2) is 0 Å². The lowest BCUT2D eigenvalue weighted by Gasteiger charge is -2.32. The molecular weight excluding hydrogens is 352 g/mol. The Hall–Kier alpha value is -2.34. The Labute approximate surface area is 167 Å². The molecule has 1 aromatic carbocycles. The zero-order valence-electron chi connectivity index (χ0n) is 17.0. The number of hydrogen-bond acceptors (Lipinski definition) is 3. The molecule has 0 aliphatic carbocycles. The van der Waals surface area contributed by atoms with Gasteiger partial charge in [-0.15, -0.1) is 0 Å². The SMILES string of the molecule is CC1CC(C)C[NH+](CCCNC(=O)CN2NC(c3ccccc3)=CCC2=O)C1. The third kappa shape index (κ3) is 5.83. The average Bonchev–Trinajstić information content (AvgIpc) is 2.67. The van der Waals surface area contributed by atoms with Crippen molar-refractivity contribution in [2.24, 2.45) is 11.8 Å². The van der Waals surface area contributed by atoms with Crippen LogP contribution in [0.1, 0.15) is 38.7 Å². The normalized spacial score (nSPS) is 25.1. The number of hydrogen-bond donors (Lipinski definition) is 3. The van der Waals surface area contributed by atoms with Gasteiger partial charge in [-0.3, -0.25) is 15.0 Å². The molecule has 3 N–H and O–H groups in total. The topological polar surface area (TPSA) is 65.9 Å². The fraction of sp³-hybridized carbons (Fsp3) is 0.545. The van der Waals surface area contributed by atoms with Crippen LogP contribution < -0.4 is 15.6 Å². The van der Waals surface area contributed by atoms with Gasteiger partial charge < -0.3 is 10.2 Å². The van der Waals surface area contributed by atoms with Crippen LogP contribution in [-0.4, -0.2) is 49.5 Å². The van der Waals surface area contributed by atoms with E-state index >= 15 is 0 Å². The number of amides is 2. The second-order valence-corrected chi connectivity index (χ2v) is 8.34. The maximum atomic E-state index is 12.3. The summed E-state index contributed by atoms with van der Waals surface area (Å²) in [5.41, 5.74) is 4.96. The lowest BCUT2D eigenvalue weighted by atomic mass is 9.92. The van der Waals surface area contributed by atoms with Crippen molar-refractivity contribution in [1.29, 1.82) is 0 Å². The number of rotatable bonds is 7. The Morgan fingerprint density at radius 2 is 1.93 bits per heavy atom. The summed E-state index contributed by atoms with van der Waals surface area (Å²) in [6.07, 6.45) is 4.47. The van der Waals surface area contributed by atoms with Gasteiger partial charge in [-0.25, -0.2) is 5.01 Å². The van der Waals surface area contributed by atoms with E-state index in [1.165, 1.54) is 24.5 Å². The van der Waals surface area contributed by atoms with Crippen LogP contribution in [0.15, 0.2) is 36.4 Å². The van der Waals surface area contributed by atoms with Crippen molar-refractivity contribution >= 4 is 17.5 Å². The summed E-state index contributed by atoms with van der Waals surface area (Å²) < 4.78 is 0. The molecule has 28 heavy (non-hydrogen) atoms. The van der Waals surface area contributed by atoms with Gasteiger partial charge >= 0.3 is 0 Å². The molecule has 6 heteroatoms. The Kier molecular flexibility index (Phi) is 7.09. The largest absolute Gasteiger partial charge is 0.354 e. The first kappa shape index (κ1) is 20.4. The molecule has 2 atom stereocenters. The molecule has 6 nitrogen and oxygen atoms in total. The fourth-order valence-electron chi connectivity index (χ4n) is 4.37. The fourth-order valence-corrected chi connectivity index (χ4v) is 4.37. The number of quaternary nitrogens is 1. The van der Waals surface area contributed by atoms with E-state index in [1.54, 1.807) is 4.90 Å². The third-order valence-corrected chi connectivity index (χ3v) is 5.53. The van der Waals surface area contributed by atoms with Crippen LogP contribution in [0.3, 0.4) is 0 Å². The minimum absolute atomic E-state index is 0.0354. The summed E-state index contributed by atoms with van der Waals surface area (Å²) in [5.74, 6) is 1.37. The number of carbonyl (C=O) groups excluding carboxylic acids is 2. The van der Waals surface area contributed by atoms with E-state index in [1.807, 2.05) is 36.4 Å². The van der Waals surface area contributed by atoms with Gasteiger partial charge in [0.05, 0.1) is 25.3 Å². The predicted molar refractivity (Wildman–Crippen MR) is 110 cm³/mol. The van der Waals surface area contributed by atoms with Crippen LogP contribution in [0, 0.1) is 11.8 Å². The summed E-state index contributed by atoms with van der Waals surface area (Å²) in [5, 5.41) is 4.38. The molecule has 2 aliphatic rings. The molecule has 152 valence electrons. The van der Waals surface area contributed by atoms with Crippen molar-refractivity contribution in [3.05, 3.63) is 42.0 Å². The van der Waals surface area contributed by atoms with Crippen molar-refractivity contribution in [2.45, 2.75) is 33.1 Å². The molecule has 0 radical (unpaired) electrons. The van der Waals surface area contributed by atoms with Gasteiger partial charge in [0.25, 0.3) is 0 Å². The van der Waals surface area contributed by atoms with Gasteiger partial charge in [0.2, 0.25) is 11.8 Å². The molecule has 1 aromatic rings. The number of benzene rings is 1. The van der Waals surface area contributed by atoms with Crippen LogP contribution in [0.2, 0.25) is 0 Å². The first-order chi connectivity index (χ1) is 13.5. The highest BCUT2D eigenvalue weighted by Gasteiger charge is 2.25. The summed E-state index contributed by atoms with van der Waals surface area (Å²) in [6.45, 7) is 8.92. The van der Waals surface area contributed by atoms with Crippen molar-refractivity contribution < 1.29 is 14.5 Å². The molecule has 1 fully saturated rings. The maximum absolute atomic E-state index is 12.3. The van der Waals surface area contributed by atoms with Gasteiger partial charge in [0.1, 0.15) is 6.54 Å². The second-order valence-electron chi connectivity index (χ2n) is 8.34. The third-order valence-electron chi connectivity index (χ3n) is 5.53. The van der Waals surface area contributed by atoms with Crippen LogP contribution in [0.5, 0.6) is 0 Å². The highest BCUT2D eigenvalue weighted by atomic mass is 16.2. The maximum Gasteiger partial charge on any atom is 0.245 e. The van der Waals surface area contributed by atoms with Crippen molar-refractivity contribution in [2.75, 3.05) is 32.7 Å². The Balaban J connectivity index is 1.39. The summed E-state index contributed by atoms with van der Waals surface area (Å²) in [7, 11) is 0. The number of carbonyl (C=O) groups is 2. The van der Waals surface area contributed by atoms with Crippen LogP contribution in [0.4, 0.5) is 0 Å². The Morgan fingerprint density at radius 1 is 1.21 bits per heavy atom. The first-order valence-electron chi connectivity index (χ1n) is 10.4. The van der Waals surface area contributed by atoms with Crippen LogP contribution in [0.25, 0.3) is 5.70 Å². The minimum atomic E-state index is -0.120. The molecule has 2 amide bonds. The molecule has 2 unspecified atom stereocenters. The van der Waals surface area contributed by atoms with E-state index < -0.39 is 0 Å². The lowest BCUT2D eigenvalue weighted by Crippen LogP contribution is -3.14. The van der Waals surface area contributed by atoms with Crippen LogP contribution in [-0.2, 0) is 9.59 Å². The van der Waals surface area contributed by atoms with E-state index in [0.29, 0.717) is 13.0 Å². The van der Waals surface area contributed by atoms with Crippen molar-refractivity contribution in [3.63, 3.8) is 0 Å². The van der Waals surface area contributed by atoms with Crippen molar-refractivity contribution in [1.82, 2.24) is 15.8 Å². The van der Waals surface area contributed by atoms with Crippen LogP contribution >= 0.6 is 0 Å². The van der Waals surface area contributed by atoms with Gasteiger partial charge in [-0.2, -0.15) is 0 Å². The standard InChI is InChI=1S/C22H32N4O2/c1-17-13-18(2)15-25(14-17)12-6-11-23-21(27)16-26-22(28)10-9-20(24-26)19-7-4-3-5-8-19/h3-5,7-9,17-18,24H,6,10-16H2,1-2H3,(H,23,27)/p+1. The number of nitrogens with zero attached hydrogens (tertiary/aromatic N) is 1. The summed E-state index contributed by atoms with van der Waals surface area (Å²) >= 11 is 0. The van der Waals surface area contributed by atoms with Crippen molar-refractivity contribution in [3.8, 4) is 0 Å². The minimum Gasteiger partial charge on any atom is -0.354 e. The van der Waals surface area contributed by atoms with Gasteiger partial charge in [0, 0.05) is 31.2 Å². The van der Waals surface area contributed by atoms with E-state index in [0.717, 1.165) is 36.1 Å². The molecule has 1 saturated heterocycles. The number of likely N-dealkylation sites (tertiary alicyclic amines) is 1. The molecular formula is C22H33N4O2+. The zero-order valence-corrected chi connectivity index (χ0v) is 17.0. The molecule has 0 aromatic heterocycles. The molecule has 0 spiro atoms. The molecule has 3 rings (SSSR count). The first-order valence-corrected chi connectivity index (χ1v) is 10.4.